The summed E-state index contributed by atoms with van der Waals surface area (Å²) in [6.45, 7) is 0. The molecule has 4 aromatic rings. The summed E-state index contributed by atoms with van der Waals surface area (Å²) in [7, 11) is 0. The van der Waals surface area contributed by atoms with Crippen molar-refractivity contribution in [1.29, 1.82) is 0 Å². The van der Waals surface area contributed by atoms with Crippen LogP contribution in [0.4, 0.5) is 0 Å². The zero-order valence-corrected chi connectivity index (χ0v) is 22.2. The van der Waals surface area contributed by atoms with Gasteiger partial charge in [0, 0.05) is 18.9 Å². The summed E-state index contributed by atoms with van der Waals surface area (Å²) >= 11 is 3.22. The van der Waals surface area contributed by atoms with Gasteiger partial charge < -0.3 is 0 Å². The van der Waals surface area contributed by atoms with Crippen LogP contribution in [0.1, 0.15) is 22.3 Å². The topological polar surface area (TPSA) is 0 Å². The molecule has 0 aromatic heterocycles. The van der Waals surface area contributed by atoms with Crippen molar-refractivity contribution in [2.75, 3.05) is 12.5 Å². The van der Waals surface area contributed by atoms with E-state index in [0.29, 0.717) is 0 Å². The normalized spacial score (nSPS) is 9.24. The summed E-state index contributed by atoms with van der Waals surface area (Å²) < 4.78 is 0. The average molecular weight is 521 g/mol. The van der Waals surface area contributed by atoms with Gasteiger partial charge >= 0.3 is 17.1 Å². The molecule has 0 bridgehead atoms. The fourth-order valence-corrected chi connectivity index (χ4v) is 4.07. The molecule has 0 heterocycles. The Kier molecular flexibility index (Phi) is 15.6. The molecular weight excluding hydrogens is 495 g/mol. The Morgan fingerprint density at radius 1 is 0.441 bits per heavy atom. The van der Waals surface area contributed by atoms with E-state index >= 15 is 0 Å². The molecule has 0 amide bonds. The fourth-order valence-electron chi connectivity index (χ4n) is 3.19. The summed E-state index contributed by atoms with van der Waals surface area (Å²) in [5.41, 5.74) is 7.17. The van der Waals surface area contributed by atoms with Gasteiger partial charge in [-0.15, -0.1) is 81.6 Å². The second-order valence-electron chi connectivity index (χ2n) is 6.83. The van der Waals surface area contributed by atoms with Gasteiger partial charge in [0.15, 0.2) is 0 Å². The first-order valence-electron chi connectivity index (χ1n) is 10.4. The van der Waals surface area contributed by atoms with Crippen molar-refractivity contribution in [2.24, 2.45) is 0 Å². The van der Waals surface area contributed by atoms with Crippen molar-refractivity contribution in [2.45, 2.75) is 0 Å². The number of rotatable bonds is 6. The van der Waals surface area contributed by atoms with Gasteiger partial charge in [-0.25, -0.2) is 23.5 Å². The Morgan fingerprint density at radius 2 is 0.647 bits per heavy atom. The van der Waals surface area contributed by atoms with Crippen molar-refractivity contribution in [3.05, 3.63) is 154 Å². The van der Waals surface area contributed by atoms with E-state index < -0.39 is 0 Å². The summed E-state index contributed by atoms with van der Waals surface area (Å²) in [6, 6.07) is 41.5. The SMILES string of the molecule is CS[C-]=C(c1ccccc1)c1ccccc1.CS[C-]=C(c1ccccc1)c1ccccc1.[Cu+2].[Li]. The quantitative estimate of drug-likeness (QED) is 0.186. The Balaban J connectivity index is 0.000000321. The van der Waals surface area contributed by atoms with Crippen LogP contribution in [-0.4, -0.2) is 31.4 Å². The fraction of sp³-hybridized carbons (Fsp3) is 0.0667. The number of hydrogen-bond acceptors (Lipinski definition) is 2. The summed E-state index contributed by atoms with van der Waals surface area (Å²) in [5, 5.41) is 6.70. The third-order valence-electron chi connectivity index (χ3n) is 4.66. The van der Waals surface area contributed by atoms with Crippen molar-refractivity contribution >= 4 is 53.5 Å². The van der Waals surface area contributed by atoms with Crippen LogP contribution < -0.4 is 0 Å². The van der Waals surface area contributed by atoms with Crippen molar-refractivity contribution in [3.63, 3.8) is 0 Å². The maximum atomic E-state index is 3.35. The molecule has 0 atom stereocenters. The van der Waals surface area contributed by atoms with E-state index in [9.17, 15) is 0 Å². The summed E-state index contributed by atoms with van der Waals surface area (Å²) in [6.07, 6.45) is 4.07. The van der Waals surface area contributed by atoms with Crippen LogP contribution in [0, 0.1) is 10.8 Å². The average Bonchev–Trinajstić information content (AvgIpc) is 2.88. The van der Waals surface area contributed by atoms with E-state index in [1.54, 1.807) is 23.5 Å². The Morgan fingerprint density at radius 3 is 0.824 bits per heavy atom. The molecule has 170 valence electrons. The van der Waals surface area contributed by atoms with Crippen molar-refractivity contribution < 1.29 is 17.1 Å². The molecule has 0 saturated carbocycles. The molecular formula is C30H26CuLiS2. The summed E-state index contributed by atoms with van der Waals surface area (Å²) in [4.78, 5) is 0. The third kappa shape index (κ3) is 9.44. The molecule has 4 aromatic carbocycles. The Labute approximate surface area is 236 Å². The van der Waals surface area contributed by atoms with Crippen LogP contribution in [0.25, 0.3) is 11.1 Å². The molecule has 0 N–H and O–H groups in total. The van der Waals surface area contributed by atoms with Gasteiger partial charge in [-0.3, -0.25) is 0 Å². The first-order valence-corrected chi connectivity index (χ1v) is 12.8. The molecule has 0 nitrogen and oxygen atoms in total. The zero-order valence-electron chi connectivity index (χ0n) is 19.7. The van der Waals surface area contributed by atoms with Gasteiger partial charge in [0.05, 0.1) is 0 Å². The maximum Gasteiger partial charge on any atom is 2.00 e. The van der Waals surface area contributed by atoms with Crippen LogP contribution >= 0.6 is 23.5 Å². The predicted molar refractivity (Wildman–Crippen MR) is 150 cm³/mol. The van der Waals surface area contributed by atoms with Crippen LogP contribution in [0.5, 0.6) is 0 Å². The molecule has 0 spiro atoms. The zero-order chi connectivity index (χ0) is 22.4. The minimum atomic E-state index is 0. The minimum Gasteiger partial charge on any atom is -0.210 e. The van der Waals surface area contributed by atoms with E-state index in [1.807, 2.05) is 36.8 Å². The molecule has 34 heavy (non-hydrogen) atoms. The van der Waals surface area contributed by atoms with E-state index in [1.165, 1.54) is 22.3 Å². The third-order valence-corrected chi connectivity index (χ3v) is 5.47. The summed E-state index contributed by atoms with van der Waals surface area (Å²) in [5.74, 6) is 0. The first kappa shape index (κ1) is 30.2. The number of benzene rings is 4. The largest absolute Gasteiger partial charge is 2.00 e. The van der Waals surface area contributed by atoms with Gasteiger partial charge in [-0.1, -0.05) is 72.8 Å². The molecule has 0 unspecified atom stereocenters. The molecule has 4 heteroatoms. The molecule has 0 saturated heterocycles. The van der Waals surface area contributed by atoms with Crippen LogP contribution in [0.3, 0.4) is 0 Å². The molecule has 0 fully saturated rings. The molecule has 2 radical (unpaired) electrons. The van der Waals surface area contributed by atoms with Crippen LogP contribution in [0.15, 0.2) is 121 Å². The standard InChI is InChI=1S/2C15H13S.Cu.Li/c2*1-16-12-15(13-8-4-2-5-9-13)14-10-6-3-7-11-14;;/h2*2-11H,1H3;;/q2*-1;+2;. The van der Waals surface area contributed by atoms with Gasteiger partial charge in [0.1, 0.15) is 0 Å². The van der Waals surface area contributed by atoms with Crippen molar-refractivity contribution in [1.82, 2.24) is 0 Å². The monoisotopic (exact) mass is 520 g/mol. The minimum absolute atomic E-state index is 0. The smallest absolute Gasteiger partial charge is 0.210 e. The van der Waals surface area contributed by atoms with Crippen molar-refractivity contribution in [3.8, 4) is 0 Å². The second kappa shape index (κ2) is 17.6. The van der Waals surface area contributed by atoms with Crippen LogP contribution in [-0.2, 0) is 17.1 Å². The molecule has 0 aliphatic heterocycles. The molecule has 4 rings (SSSR count). The molecule has 0 aliphatic rings. The van der Waals surface area contributed by atoms with Crippen LogP contribution in [0.2, 0.25) is 0 Å². The maximum absolute atomic E-state index is 3.35. The Hall–Kier alpha value is -1.82. The predicted octanol–water partition coefficient (Wildman–Crippen LogP) is 8.10. The van der Waals surface area contributed by atoms with Gasteiger partial charge in [-0.05, 0) is 12.5 Å². The van der Waals surface area contributed by atoms with Gasteiger partial charge in [0.2, 0.25) is 0 Å². The van der Waals surface area contributed by atoms with E-state index in [0.717, 1.165) is 11.1 Å². The van der Waals surface area contributed by atoms with Gasteiger partial charge in [-0.2, -0.15) is 11.1 Å². The van der Waals surface area contributed by atoms with E-state index in [-0.39, 0.29) is 35.9 Å². The Bertz CT molecular complexity index is 938. The van der Waals surface area contributed by atoms with E-state index in [2.05, 4.69) is 108 Å². The number of thioether (sulfide) groups is 2. The molecule has 0 aliphatic carbocycles. The van der Waals surface area contributed by atoms with Gasteiger partial charge in [0.25, 0.3) is 0 Å². The van der Waals surface area contributed by atoms with E-state index in [4.69, 9.17) is 0 Å². The number of hydrogen-bond donors (Lipinski definition) is 0. The first-order chi connectivity index (χ1) is 15.8. The second-order valence-corrected chi connectivity index (χ2v) is 8.05.